The highest BCUT2D eigenvalue weighted by molar-refractivity contribution is 7.09. The van der Waals surface area contributed by atoms with E-state index in [0.717, 1.165) is 24.0 Å². The normalized spacial score (nSPS) is 16.2. The molecule has 1 aromatic rings. The third-order valence-corrected chi connectivity index (χ3v) is 3.99. The molecular formula is C12H22N4S. The molecule has 4 nitrogen and oxygen atoms in total. The fourth-order valence-electron chi connectivity index (χ4n) is 1.76. The Labute approximate surface area is 107 Å². The Hall–Kier alpha value is -0.680. The van der Waals surface area contributed by atoms with Crippen molar-refractivity contribution < 1.29 is 0 Å². The van der Waals surface area contributed by atoms with Crippen molar-refractivity contribution in [2.45, 2.75) is 39.5 Å². The smallest absolute Gasteiger partial charge is 0.205 e. The van der Waals surface area contributed by atoms with Crippen LogP contribution in [0.3, 0.4) is 0 Å². The molecule has 0 bridgehead atoms. The van der Waals surface area contributed by atoms with E-state index in [1.807, 2.05) is 0 Å². The first-order chi connectivity index (χ1) is 8.05. The van der Waals surface area contributed by atoms with E-state index in [1.165, 1.54) is 24.4 Å². The Balaban J connectivity index is 2.05. The second-order valence-corrected chi connectivity index (χ2v) is 6.32. The third-order valence-electron chi connectivity index (χ3n) is 3.20. The Morgan fingerprint density at radius 2 is 2.18 bits per heavy atom. The fraction of sp³-hybridized carbons (Fsp3) is 0.833. The lowest BCUT2D eigenvalue weighted by Crippen LogP contribution is -2.38. The molecule has 0 spiro atoms. The molecule has 5 heteroatoms. The summed E-state index contributed by atoms with van der Waals surface area (Å²) in [7, 11) is 0. The minimum atomic E-state index is 0.126. The Morgan fingerprint density at radius 3 is 2.71 bits per heavy atom. The van der Waals surface area contributed by atoms with E-state index in [9.17, 15) is 0 Å². The highest BCUT2D eigenvalue weighted by atomic mass is 32.1. The highest BCUT2D eigenvalue weighted by Gasteiger charge is 2.29. The maximum atomic E-state index is 5.79. The van der Waals surface area contributed by atoms with Crippen LogP contribution < -0.4 is 10.6 Å². The van der Waals surface area contributed by atoms with Crippen molar-refractivity contribution in [1.82, 2.24) is 9.36 Å². The first-order valence-corrected chi connectivity index (χ1v) is 7.11. The van der Waals surface area contributed by atoms with Crippen molar-refractivity contribution in [2.75, 3.05) is 24.5 Å². The van der Waals surface area contributed by atoms with Gasteiger partial charge in [0.1, 0.15) is 5.82 Å². The highest BCUT2D eigenvalue weighted by Crippen LogP contribution is 2.39. The molecule has 1 heterocycles. The van der Waals surface area contributed by atoms with Crippen LogP contribution in [0.4, 0.5) is 5.13 Å². The molecule has 17 heavy (non-hydrogen) atoms. The van der Waals surface area contributed by atoms with Crippen LogP contribution in [0.1, 0.15) is 45.4 Å². The van der Waals surface area contributed by atoms with Crippen molar-refractivity contribution in [3.05, 3.63) is 5.82 Å². The van der Waals surface area contributed by atoms with Crippen LogP contribution in [0, 0.1) is 5.41 Å². The molecule has 1 saturated carbocycles. The second-order valence-electron chi connectivity index (χ2n) is 5.59. The van der Waals surface area contributed by atoms with Gasteiger partial charge in [-0.25, -0.2) is 4.98 Å². The van der Waals surface area contributed by atoms with Gasteiger partial charge < -0.3 is 10.6 Å². The van der Waals surface area contributed by atoms with Gasteiger partial charge in [-0.1, -0.05) is 13.8 Å². The summed E-state index contributed by atoms with van der Waals surface area (Å²) in [6.45, 7) is 9.14. The molecule has 1 aliphatic carbocycles. The van der Waals surface area contributed by atoms with E-state index < -0.39 is 0 Å². The number of nitrogens with two attached hydrogens (primary N) is 1. The predicted molar refractivity (Wildman–Crippen MR) is 72.6 cm³/mol. The van der Waals surface area contributed by atoms with E-state index >= 15 is 0 Å². The molecule has 96 valence electrons. The van der Waals surface area contributed by atoms with Crippen LogP contribution in [0.2, 0.25) is 0 Å². The minimum absolute atomic E-state index is 0.126. The SMILES string of the molecule is CCN(CC(C)(C)CN)c1nc(C2CC2)ns1. The van der Waals surface area contributed by atoms with Crippen molar-refractivity contribution in [2.24, 2.45) is 11.1 Å². The molecule has 2 rings (SSSR count). The Kier molecular flexibility index (Phi) is 3.68. The molecule has 0 aliphatic heterocycles. The van der Waals surface area contributed by atoms with Gasteiger partial charge in [-0.05, 0) is 31.7 Å². The molecule has 1 aliphatic rings. The van der Waals surface area contributed by atoms with Gasteiger partial charge in [0, 0.05) is 30.5 Å². The lowest BCUT2D eigenvalue weighted by Gasteiger charge is -2.30. The zero-order chi connectivity index (χ0) is 12.5. The zero-order valence-corrected chi connectivity index (χ0v) is 11.8. The Bertz CT molecular complexity index is 370. The summed E-state index contributed by atoms with van der Waals surface area (Å²) >= 11 is 1.53. The average molecular weight is 254 g/mol. The first-order valence-electron chi connectivity index (χ1n) is 6.34. The van der Waals surface area contributed by atoms with E-state index in [4.69, 9.17) is 5.73 Å². The standard InChI is InChI=1S/C12H22N4S/c1-4-16(8-12(2,3)7-13)11-14-10(15-17-11)9-5-6-9/h9H,4-8,13H2,1-3H3. The molecule has 0 radical (unpaired) electrons. The predicted octanol–water partition coefficient (Wildman–Crippen LogP) is 2.23. The van der Waals surface area contributed by atoms with Gasteiger partial charge in [-0.15, -0.1) is 0 Å². The topological polar surface area (TPSA) is 55.0 Å². The molecule has 0 unspecified atom stereocenters. The van der Waals surface area contributed by atoms with Gasteiger partial charge in [-0.3, -0.25) is 0 Å². The molecule has 0 atom stereocenters. The molecule has 1 fully saturated rings. The number of aromatic nitrogens is 2. The van der Waals surface area contributed by atoms with Crippen molar-refractivity contribution in [3.8, 4) is 0 Å². The van der Waals surface area contributed by atoms with Gasteiger partial charge in [0.25, 0.3) is 0 Å². The lowest BCUT2D eigenvalue weighted by molar-refractivity contribution is 0.379. The minimum Gasteiger partial charge on any atom is -0.347 e. The fourth-order valence-corrected chi connectivity index (χ4v) is 2.57. The monoisotopic (exact) mass is 254 g/mol. The van der Waals surface area contributed by atoms with E-state index in [1.54, 1.807) is 0 Å². The summed E-state index contributed by atoms with van der Waals surface area (Å²) in [5.41, 5.74) is 5.92. The van der Waals surface area contributed by atoms with Gasteiger partial charge in [-0.2, -0.15) is 4.37 Å². The maximum absolute atomic E-state index is 5.79. The van der Waals surface area contributed by atoms with Gasteiger partial charge in [0.15, 0.2) is 0 Å². The maximum Gasteiger partial charge on any atom is 0.205 e. The van der Waals surface area contributed by atoms with Crippen LogP contribution in [0.15, 0.2) is 0 Å². The second kappa shape index (κ2) is 4.90. The number of hydrogen-bond donors (Lipinski definition) is 1. The number of hydrogen-bond acceptors (Lipinski definition) is 5. The van der Waals surface area contributed by atoms with Gasteiger partial charge in [0.2, 0.25) is 5.13 Å². The molecule has 0 aromatic carbocycles. The molecular weight excluding hydrogens is 232 g/mol. The summed E-state index contributed by atoms with van der Waals surface area (Å²) in [5, 5.41) is 1.05. The summed E-state index contributed by atoms with van der Waals surface area (Å²) in [4.78, 5) is 6.94. The molecule has 0 saturated heterocycles. The first kappa shape index (κ1) is 12.8. The van der Waals surface area contributed by atoms with Crippen molar-refractivity contribution >= 4 is 16.7 Å². The number of nitrogens with zero attached hydrogens (tertiary/aromatic N) is 3. The van der Waals surface area contributed by atoms with Crippen LogP contribution in [0.5, 0.6) is 0 Å². The number of rotatable bonds is 6. The van der Waals surface area contributed by atoms with E-state index in [0.29, 0.717) is 12.5 Å². The van der Waals surface area contributed by atoms with Crippen LogP contribution >= 0.6 is 11.5 Å². The summed E-state index contributed by atoms with van der Waals surface area (Å²) in [5.74, 6) is 1.69. The molecule has 1 aromatic heterocycles. The van der Waals surface area contributed by atoms with Gasteiger partial charge in [0.05, 0.1) is 0 Å². The van der Waals surface area contributed by atoms with Crippen LogP contribution in [0.25, 0.3) is 0 Å². The quantitative estimate of drug-likeness (QED) is 0.846. The summed E-state index contributed by atoms with van der Waals surface area (Å²) in [6, 6.07) is 0. The zero-order valence-electron chi connectivity index (χ0n) is 10.9. The van der Waals surface area contributed by atoms with Crippen LogP contribution in [-0.2, 0) is 0 Å². The van der Waals surface area contributed by atoms with E-state index in [-0.39, 0.29) is 5.41 Å². The van der Waals surface area contributed by atoms with Crippen LogP contribution in [-0.4, -0.2) is 29.0 Å². The lowest BCUT2D eigenvalue weighted by atomic mass is 9.93. The molecule has 0 amide bonds. The summed E-state index contributed by atoms with van der Waals surface area (Å²) in [6.07, 6.45) is 2.52. The van der Waals surface area contributed by atoms with Crippen molar-refractivity contribution in [1.29, 1.82) is 0 Å². The average Bonchev–Trinajstić information content (AvgIpc) is 3.05. The van der Waals surface area contributed by atoms with E-state index in [2.05, 4.69) is 35.0 Å². The largest absolute Gasteiger partial charge is 0.347 e. The Morgan fingerprint density at radius 1 is 1.47 bits per heavy atom. The molecule has 2 N–H and O–H groups in total. The van der Waals surface area contributed by atoms with Gasteiger partial charge >= 0.3 is 0 Å². The summed E-state index contributed by atoms with van der Waals surface area (Å²) < 4.78 is 4.46. The third kappa shape index (κ3) is 3.16. The number of anilines is 1. The van der Waals surface area contributed by atoms with Crippen molar-refractivity contribution in [3.63, 3.8) is 0 Å².